The van der Waals surface area contributed by atoms with Crippen molar-refractivity contribution in [2.24, 2.45) is 0 Å². The molecule has 0 spiro atoms. The Hall–Kier alpha value is -4.24. The lowest BCUT2D eigenvalue weighted by Gasteiger charge is -2.40. The molecule has 2 amide bonds. The number of fused-ring (bicyclic) bond motifs is 1. The normalized spacial score (nSPS) is 17.8. The number of urea groups is 1. The lowest BCUT2D eigenvalue weighted by molar-refractivity contribution is 0.0878. The number of aliphatic hydroxyl groups excluding tert-OH is 1. The summed E-state index contributed by atoms with van der Waals surface area (Å²) in [6, 6.07) is 13.8. The van der Waals surface area contributed by atoms with Gasteiger partial charge in [-0.1, -0.05) is 44.2 Å². The van der Waals surface area contributed by atoms with Gasteiger partial charge in [0, 0.05) is 11.1 Å². The summed E-state index contributed by atoms with van der Waals surface area (Å²) in [4.78, 5) is 18.2. The molecule has 0 saturated carbocycles. The minimum atomic E-state index is -1.03. The zero-order valence-corrected chi connectivity index (χ0v) is 22.1. The molecule has 7 nitrogen and oxygen atoms in total. The lowest BCUT2D eigenvalue weighted by Crippen LogP contribution is -2.45. The number of halogens is 2. The van der Waals surface area contributed by atoms with E-state index in [1.807, 2.05) is 70.2 Å². The van der Waals surface area contributed by atoms with E-state index in [-0.39, 0.29) is 6.42 Å². The Bertz CT molecular complexity index is 1560. The summed E-state index contributed by atoms with van der Waals surface area (Å²) < 4.78 is 28.3. The second kappa shape index (κ2) is 10.1. The summed E-state index contributed by atoms with van der Waals surface area (Å²) >= 11 is 0. The van der Waals surface area contributed by atoms with Crippen LogP contribution in [-0.4, -0.2) is 32.4 Å². The predicted molar refractivity (Wildman–Crippen MR) is 145 cm³/mol. The molecule has 0 saturated heterocycles. The number of hydrogen-bond donors (Lipinski definition) is 3. The molecular formula is C30H29F2N5O2. The first-order chi connectivity index (χ1) is 18.5. The number of rotatable bonds is 4. The Balaban J connectivity index is 1.50. The summed E-state index contributed by atoms with van der Waals surface area (Å²) in [5.74, 6) is -2.00. The highest BCUT2D eigenvalue weighted by Gasteiger charge is 2.40. The number of benzene rings is 2. The number of amides is 2. The standard InChI is InChI=1S/C30H29F2N5O2/c1-16-10-24(27(18-8-6-5-7-9-18)35-26(16)19-11-17(2)37-33-15-19)34-29(39)36-28-20-12-22(31)23(32)13-21(20)30(3,4)14-25(28)38/h5-13,15,25,28,38H,14H2,1-4H3,(H2,34,36,39)/t25-,28-/m1/s1. The van der Waals surface area contributed by atoms with Gasteiger partial charge in [-0.3, -0.25) is 0 Å². The highest BCUT2D eigenvalue weighted by molar-refractivity contribution is 5.94. The van der Waals surface area contributed by atoms with E-state index in [9.17, 15) is 18.7 Å². The van der Waals surface area contributed by atoms with Crippen molar-refractivity contribution >= 4 is 11.7 Å². The molecule has 0 unspecified atom stereocenters. The smallest absolute Gasteiger partial charge is 0.319 e. The van der Waals surface area contributed by atoms with Crippen LogP contribution in [0.15, 0.2) is 60.8 Å². The number of nitrogens with zero attached hydrogens (tertiary/aromatic N) is 3. The van der Waals surface area contributed by atoms with Crippen LogP contribution in [0.1, 0.15) is 48.7 Å². The van der Waals surface area contributed by atoms with E-state index < -0.39 is 35.2 Å². The first kappa shape index (κ1) is 26.4. The molecule has 9 heteroatoms. The highest BCUT2D eigenvalue weighted by Crippen LogP contribution is 2.42. The molecular weight excluding hydrogens is 500 g/mol. The summed E-state index contributed by atoms with van der Waals surface area (Å²) in [5.41, 5.74) is 5.13. The third kappa shape index (κ3) is 5.22. The molecule has 5 rings (SSSR count). The largest absolute Gasteiger partial charge is 0.391 e. The van der Waals surface area contributed by atoms with Crippen LogP contribution in [0.5, 0.6) is 0 Å². The molecule has 1 aliphatic rings. The summed E-state index contributed by atoms with van der Waals surface area (Å²) in [5, 5.41) is 24.6. The van der Waals surface area contributed by atoms with Crippen molar-refractivity contribution in [3.63, 3.8) is 0 Å². The van der Waals surface area contributed by atoms with E-state index in [0.717, 1.165) is 34.5 Å². The minimum absolute atomic E-state index is 0.264. The molecule has 2 aromatic carbocycles. The van der Waals surface area contributed by atoms with Crippen LogP contribution >= 0.6 is 0 Å². The summed E-state index contributed by atoms with van der Waals surface area (Å²) in [7, 11) is 0. The molecule has 39 heavy (non-hydrogen) atoms. The lowest BCUT2D eigenvalue weighted by atomic mass is 9.69. The number of aryl methyl sites for hydroxylation is 2. The molecule has 0 fully saturated rings. The predicted octanol–water partition coefficient (Wildman–Crippen LogP) is 6.01. The van der Waals surface area contributed by atoms with E-state index in [2.05, 4.69) is 20.8 Å². The molecule has 0 radical (unpaired) electrons. The first-order valence-corrected chi connectivity index (χ1v) is 12.7. The van der Waals surface area contributed by atoms with Crippen LogP contribution in [0, 0.1) is 25.5 Å². The third-order valence-electron chi connectivity index (χ3n) is 7.11. The van der Waals surface area contributed by atoms with Crippen LogP contribution in [0.3, 0.4) is 0 Å². The van der Waals surface area contributed by atoms with Crippen LogP contribution < -0.4 is 10.6 Å². The fourth-order valence-electron chi connectivity index (χ4n) is 5.26. The van der Waals surface area contributed by atoms with Crippen molar-refractivity contribution in [2.75, 3.05) is 5.32 Å². The van der Waals surface area contributed by atoms with Crippen molar-refractivity contribution < 1.29 is 18.7 Å². The number of hydrogen-bond acceptors (Lipinski definition) is 5. The Kier molecular flexibility index (Phi) is 6.86. The minimum Gasteiger partial charge on any atom is -0.391 e. The molecule has 1 aliphatic carbocycles. The average Bonchev–Trinajstić information content (AvgIpc) is 2.88. The maximum atomic E-state index is 14.2. The molecule has 2 heterocycles. The summed E-state index contributed by atoms with van der Waals surface area (Å²) in [6.07, 6.45) is 0.906. The van der Waals surface area contributed by atoms with E-state index >= 15 is 0 Å². The second-order valence-electron chi connectivity index (χ2n) is 10.6. The Morgan fingerprint density at radius 3 is 2.44 bits per heavy atom. The van der Waals surface area contributed by atoms with Gasteiger partial charge >= 0.3 is 6.03 Å². The van der Waals surface area contributed by atoms with Gasteiger partial charge in [-0.25, -0.2) is 18.6 Å². The van der Waals surface area contributed by atoms with E-state index in [1.54, 1.807) is 6.20 Å². The zero-order valence-electron chi connectivity index (χ0n) is 22.1. The van der Waals surface area contributed by atoms with Crippen LogP contribution in [0.25, 0.3) is 22.5 Å². The van der Waals surface area contributed by atoms with Gasteiger partial charge in [0.2, 0.25) is 0 Å². The zero-order chi connectivity index (χ0) is 27.9. The molecule has 2 aromatic heterocycles. The number of aliphatic hydroxyl groups is 1. The van der Waals surface area contributed by atoms with Gasteiger partial charge < -0.3 is 15.7 Å². The summed E-state index contributed by atoms with van der Waals surface area (Å²) in [6.45, 7) is 7.44. The van der Waals surface area contributed by atoms with Crippen molar-refractivity contribution in [1.29, 1.82) is 0 Å². The van der Waals surface area contributed by atoms with Gasteiger partial charge in [-0.05, 0) is 66.6 Å². The van der Waals surface area contributed by atoms with Gasteiger partial charge in [0.25, 0.3) is 0 Å². The Morgan fingerprint density at radius 1 is 1.00 bits per heavy atom. The molecule has 2 atom stereocenters. The van der Waals surface area contributed by atoms with Gasteiger partial charge in [0.1, 0.15) is 0 Å². The fourth-order valence-corrected chi connectivity index (χ4v) is 5.26. The van der Waals surface area contributed by atoms with E-state index in [0.29, 0.717) is 28.2 Å². The third-order valence-corrected chi connectivity index (χ3v) is 7.11. The maximum absolute atomic E-state index is 14.2. The van der Waals surface area contributed by atoms with Gasteiger partial charge in [0.05, 0.1) is 41.1 Å². The van der Waals surface area contributed by atoms with Gasteiger partial charge in [0.15, 0.2) is 11.6 Å². The number of carbonyl (C=O) groups excluding carboxylic acids is 1. The fraction of sp³-hybridized carbons (Fsp3) is 0.267. The molecule has 200 valence electrons. The van der Waals surface area contributed by atoms with Crippen molar-refractivity contribution in [3.05, 3.63) is 94.8 Å². The van der Waals surface area contributed by atoms with Crippen molar-refractivity contribution in [3.8, 4) is 22.5 Å². The van der Waals surface area contributed by atoms with Gasteiger partial charge in [-0.15, -0.1) is 0 Å². The monoisotopic (exact) mass is 529 g/mol. The molecule has 4 aromatic rings. The van der Waals surface area contributed by atoms with Crippen molar-refractivity contribution in [1.82, 2.24) is 20.5 Å². The second-order valence-corrected chi connectivity index (χ2v) is 10.6. The number of nitrogens with one attached hydrogen (secondary N) is 2. The number of aromatic nitrogens is 3. The number of carbonyl (C=O) groups is 1. The topological polar surface area (TPSA) is 100 Å². The van der Waals surface area contributed by atoms with Crippen LogP contribution in [0.4, 0.5) is 19.3 Å². The average molecular weight is 530 g/mol. The number of pyridine rings is 1. The Labute approximate surface area is 225 Å². The van der Waals surface area contributed by atoms with E-state index in [4.69, 9.17) is 4.98 Å². The van der Waals surface area contributed by atoms with Crippen molar-refractivity contribution in [2.45, 2.75) is 51.7 Å². The Morgan fingerprint density at radius 2 is 1.72 bits per heavy atom. The SMILES string of the molecule is Cc1cc(-c2nc(-c3ccccc3)c(NC(=O)N[C@@H]3c4cc(F)c(F)cc4C(C)(C)C[C@H]3O)cc2C)cnn1. The van der Waals surface area contributed by atoms with Crippen LogP contribution in [-0.2, 0) is 5.41 Å². The van der Waals surface area contributed by atoms with E-state index in [1.165, 1.54) is 0 Å². The molecule has 3 N–H and O–H groups in total. The quantitative estimate of drug-likeness (QED) is 0.301. The maximum Gasteiger partial charge on any atom is 0.319 e. The molecule has 0 aliphatic heterocycles. The first-order valence-electron chi connectivity index (χ1n) is 12.7. The molecule has 0 bridgehead atoms. The van der Waals surface area contributed by atoms with Gasteiger partial charge in [-0.2, -0.15) is 10.2 Å². The highest BCUT2D eigenvalue weighted by atomic mass is 19.2. The van der Waals surface area contributed by atoms with Crippen LogP contribution in [0.2, 0.25) is 0 Å². The number of anilines is 1.